The number of hydrogen-bond acceptors (Lipinski definition) is 2. The van der Waals surface area contributed by atoms with Gasteiger partial charge < -0.3 is 10.2 Å². The van der Waals surface area contributed by atoms with E-state index in [-0.39, 0.29) is 0 Å². The summed E-state index contributed by atoms with van der Waals surface area (Å²) in [6.07, 6.45) is 10.1. The maximum absolute atomic E-state index is 3.35. The van der Waals surface area contributed by atoms with E-state index in [4.69, 9.17) is 0 Å². The minimum absolute atomic E-state index is 1.01. The third-order valence-corrected chi connectivity index (χ3v) is 3.90. The topological polar surface area (TPSA) is 15.3 Å². The molecule has 2 nitrogen and oxygen atoms in total. The largest absolute Gasteiger partial charge is 0.316 e. The fraction of sp³-hybridized carbons (Fsp3) is 1.00. The van der Waals surface area contributed by atoms with Gasteiger partial charge in [-0.3, -0.25) is 0 Å². The summed E-state index contributed by atoms with van der Waals surface area (Å²) in [4.78, 5) is 2.69. The highest BCUT2D eigenvalue weighted by molar-refractivity contribution is 4.74. The summed E-state index contributed by atoms with van der Waals surface area (Å²) in [5, 5.41) is 3.35. The molecule has 0 bridgehead atoms. The lowest BCUT2D eigenvalue weighted by Crippen LogP contribution is -2.41. The van der Waals surface area contributed by atoms with Crippen molar-refractivity contribution in [2.75, 3.05) is 32.7 Å². The number of rotatable bonds is 5. The maximum atomic E-state index is 3.35. The first-order valence-corrected chi connectivity index (χ1v) is 6.88. The molecular formula is C13H26N2. The van der Waals surface area contributed by atoms with Crippen LogP contribution < -0.4 is 5.32 Å². The summed E-state index contributed by atoms with van der Waals surface area (Å²) in [5.74, 6) is 1.01. The first-order valence-electron chi connectivity index (χ1n) is 6.88. The van der Waals surface area contributed by atoms with Gasteiger partial charge in [0.2, 0.25) is 0 Å². The van der Waals surface area contributed by atoms with E-state index in [0.29, 0.717) is 0 Å². The first-order chi connectivity index (χ1) is 7.45. The SMILES string of the molecule is C1CCCN(CCCCC2CNC2)CC1. The zero-order valence-electron chi connectivity index (χ0n) is 10.0. The normalized spacial score (nSPS) is 24.8. The van der Waals surface area contributed by atoms with Gasteiger partial charge in [0.05, 0.1) is 0 Å². The predicted octanol–water partition coefficient (Wildman–Crippen LogP) is 2.25. The molecule has 0 aliphatic carbocycles. The average molecular weight is 210 g/mol. The fourth-order valence-corrected chi connectivity index (χ4v) is 2.68. The van der Waals surface area contributed by atoms with Crippen LogP contribution in [0, 0.1) is 5.92 Å². The average Bonchev–Trinajstić information content (AvgIpc) is 2.43. The van der Waals surface area contributed by atoms with Gasteiger partial charge in [0.1, 0.15) is 0 Å². The Balaban J connectivity index is 1.48. The molecule has 0 aromatic rings. The monoisotopic (exact) mass is 210 g/mol. The third kappa shape index (κ3) is 4.12. The van der Waals surface area contributed by atoms with E-state index in [1.807, 2.05) is 0 Å². The van der Waals surface area contributed by atoms with Crippen molar-refractivity contribution < 1.29 is 0 Å². The zero-order chi connectivity index (χ0) is 10.3. The molecule has 2 aliphatic rings. The summed E-state index contributed by atoms with van der Waals surface area (Å²) in [6, 6.07) is 0. The molecule has 0 spiro atoms. The summed E-state index contributed by atoms with van der Waals surface area (Å²) in [7, 11) is 0. The molecule has 0 radical (unpaired) electrons. The molecule has 88 valence electrons. The molecule has 2 saturated heterocycles. The van der Waals surface area contributed by atoms with Gasteiger partial charge in [0.25, 0.3) is 0 Å². The Bertz CT molecular complexity index is 158. The molecule has 2 fully saturated rings. The van der Waals surface area contributed by atoms with Crippen LogP contribution in [0.5, 0.6) is 0 Å². The Morgan fingerprint density at radius 2 is 1.67 bits per heavy atom. The highest BCUT2D eigenvalue weighted by Crippen LogP contribution is 2.14. The second-order valence-corrected chi connectivity index (χ2v) is 5.28. The Morgan fingerprint density at radius 1 is 0.933 bits per heavy atom. The molecule has 0 atom stereocenters. The number of unbranched alkanes of at least 4 members (excludes halogenated alkanes) is 1. The van der Waals surface area contributed by atoms with Crippen molar-refractivity contribution in [2.45, 2.75) is 44.9 Å². The standard InChI is InChI=1S/C13H26N2/c1-2-5-9-15(8-4-1)10-6-3-7-13-11-14-12-13/h13-14H,1-12H2. The molecule has 0 unspecified atom stereocenters. The van der Waals surface area contributed by atoms with E-state index in [0.717, 1.165) is 5.92 Å². The van der Waals surface area contributed by atoms with Crippen LogP contribution in [0.3, 0.4) is 0 Å². The van der Waals surface area contributed by atoms with E-state index >= 15 is 0 Å². The predicted molar refractivity (Wildman–Crippen MR) is 65.1 cm³/mol. The lowest BCUT2D eigenvalue weighted by atomic mass is 9.96. The van der Waals surface area contributed by atoms with Gasteiger partial charge in [-0.1, -0.05) is 19.3 Å². The minimum atomic E-state index is 1.01. The van der Waals surface area contributed by atoms with Gasteiger partial charge in [-0.05, 0) is 64.3 Å². The van der Waals surface area contributed by atoms with Crippen LogP contribution in [0.1, 0.15) is 44.9 Å². The third-order valence-electron chi connectivity index (χ3n) is 3.90. The molecule has 2 aliphatic heterocycles. The van der Waals surface area contributed by atoms with Crippen molar-refractivity contribution in [3.8, 4) is 0 Å². The lowest BCUT2D eigenvalue weighted by molar-refractivity contribution is 0.264. The molecule has 0 amide bonds. The number of hydrogen-bond donors (Lipinski definition) is 1. The molecule has 0 aromatic heterocycles. The van der Waals surface area contributed by atoms with Gasteiger partial charge in [0, 0.05) is 0 Å². The van der Waals surface area contributed by atoms with E-state index in [2.05, 4.69) is 10.2 Å². The molecular weight excluding hydrogens is 184 g/mol. The fourth-order valence-electron chi connectivity index (χ4n) is 2.68. The quantitative estimate of drug-likeness (QED) is 0.700. The molecule has 15 heavy (non-hydrogen) atoms. The molecule has 1 N–H and O–H groups in total. The molecule has 2 heteroatoms. The van der Waals surface area contributed by atoms with Crippen LogP contribution in [-0.4, -0.2) is 37.6 Å². The summed E-state index contributed by atoms with van der Waals surface area (Å²) >= 11 is 0. The molecule has 0 aromatic carbocycles. The van der Waals surface area contributed by atoms with Gasteiger partial charge in [0.15, 0.2) is 0 Å². The summed E-state index contributed by atoms with van der Waals surface area (Å²) in [5.41, 5.74) is 0. The Hall–Kier alpha value is -0.0800. The zero-order valence-corrected chi connectivity index (χ0v) is 10.0. The summed E-state index contributed by atoms with van der Waals surface area (Å²) < 4.78 is 0. The summed E-state index contributed by atoms with van der Waals surface area (Å²) in [6.45, 7) is 6.66. The van der Waals surface area contributed by atoms with E-state index in [1.165, 1.54) is 77.7 Å². The second kappa shape index (κ2) is 6.49. The van der Waals surface area contributed by atoms with Crippen molar-refractivity contribution in [2.24, 2.45) is 5.92 Å². The molecule has 2 rings (SSSR count). The van der Waals surface area contributed by atoms with Gasteiger partial charge in [-0.2, -0.15) is 0 Å². The van der Waals surface area contributed by atoms with Crippen molar-refractivity contribution in [1.82, 2.24) is 10.2 Å². The smallest absolute Gasteiger partial charge is 0.000826 e. The highest BCUT2D eigenvalue weighted by atomic mass is 15.1. The molecule has 2 heterocycles. The second-order valence-electron chi connectivity index (χ2n) is 5.28. The van der Waals surface area contributed by atoms with E-state index in [1.54, 1.807) is 0 Å². The first kappa shape index (κ1) is 11.4. The van der Waals surface area contributed by atoms with Crippen LogP contribution in [-0.2, 0) is 0 Å². The van der Waals surface area contributed by atoms with Gasteiger partial charge in [-0.15, -0.1) is 0 Å². The van der Waals surface area contributed by atoms with E-state index in [9.17, 15) is 0 Å². The van der Waals surface area contributed by atoms with Crippen molar-refractivity contribution in [3.63, 3.8) is 0 Å². The highest BCUT2D eigenvalue weighted by Gasteiger charge is 2.15. The van der Waals surface area contributed by atoms with Crippen LogP contribution in [0.4, 0.5) is 0 Å². The van der Waals surface area contributed by atoms with Crippen molar-refractivity contribution in [1.29, 1.82) is 0 Å². The van der Waals surface area contributed by atoms with Crippen LogP contribution in [0.25, 0.3) is 0 Å². The number of nitrogens with one attached hydrogen (secondary N) is 1. The van der Waals surface area contributed by atoms with Crippen LogP contribution in [0.2, 0.25) is 0 Å². The van der Waals surface area contributed by atoms with Gasteiger partial charge in [-0.25, -0.2) is 0 Å². The van der Waals surface area contributed by atoms with Crippen molar-refractivity contribution >= 4 is 0 Å². The van der Waals surface area contributed by atoms with E-state index < -0.39 is 0 Å². The van der Waals surface area contributed by atoms with Crippen molar-refractivity contribution in [3.05, 3.63) is 0 Å². The van der Waals surface area contributed by atoms with Crippen LogP contribution >= 0.6 is 0 Å². The van der Waals surface area contributed by atoms with Gasteiger partial charge >= 0.3 is 0 Å². The number of nitrogens with zero attached hydrogens (tertiary/aromatic N) is 1. The minimum Gasteiger partial charge on any atom is -0.316 e. The number of likely N-dealkylation sites (tertiary alicyclic amines) is 1. The Labute approximate surface area is 94.4 Å². The Morgan fingerprint density at radius 3 is 2.27 bits per heavy atom. The lowest BCUT2D eigenvalue weighted by Gasteiger charge is -2.27. The van der Waals surface area contributed by atoms with Crippen LogP contribution in [0.15, 0.2) is 0 Å². The maximum Gasteiger partial charge on any atom is -0.000826 e. The Kier molecular flexibility index (Phi) is 4.94. The molecule has 0 saturated carbocycles.